The molecular formula is C7H4BrClN4. The van der Waals surface area contributed by atoms with Gasteiger partial charge in [0.25, 0.3) is 4.57 Å². The normalized spacial score (nSPS) is 25.4. The van der Waals surface area contributed by atoms with Gasteiger partial charge in [0, 0.05) is 6.20 Å². The number of nitrogens with zero attached hydrogens (tertiary/aromatic N) is 4. The van der Waals surface area contributed by atoms with Crippen molar-refractivity contribution in [3.63, 3.8) is 0 Å². The highest BCUT2D eigenvalue weighted by atomic mass is 79.9. The van der Waals surface area contributed by atoms with Crippen LogP contribution in [0.4, 0.5) is 0 Å². The minimum absolute atomic E-state index is 0.511. The fraction of sp³-hybridized carbons (Fsp3) is 0.143. The van der Waals surface area contributed by atoms with Crippen LogP contribution in [0.25, 0.3) is 0 Å². The van der Waals surface area contributed by atoms with Gasteiger partial charge in [-0.3, -0.25) is 4.98 Å². The first kappa shape index (κ1) is 8.77. The Morgan fingerprint density at radius 1 is 1.46 bits per heavy atom. The van der Waals surface area contributed by atoms with Gasteiger partial charge < -0.3 is 0 Å². The molecule has 2 rings (SSSR count). The molecule has 0 N–H and O–H groups in total. The van der Waals surface area contributed by atoms with Gasteiger partial charge in [-0.1, -0.05) is 11.6 Å². The number of hydrogen-bond acceptors (Lipinski definition) is 4. The molecule has 1 aromatic heterocycles. The number of alkyl halides is 1. The number of halogens is 2. The average Bonchev–Trinajstić information content (AvgIpc) is 2.54. The molecule has 0 amide bonds. The molecule has 0 bridgehead atoms. The van der Waals surface area contributed by atoms with Crippen LogP contribution in [0.5, 0.6) is 0 Å². The lowest BCUT2D eigenvalue weighted by Gasteiger charge is -2.13. The predicted molar refractivity (Wildman–Crippen MR) is 53.2 cm³/mol. The first-order chi connectivity index (χ1) is 6.22. The van der Waals surface area contributed by atoms with Crippen molar-refractivity contribution in [3.8, 4) is 0 Å². The second-order valence-electron chi connectivity index (χ2n) is 2.38. The Morgan fingerprint density at radius 3 is 2.92 bits per heavy atom. The summed E-state index contributed by atoms with van der Waals surface area (Å²) in [6.07, 6.45) is 2.99. The van der Waals surface area contributed by atoms with Crippen LogP contribution in [-0.4, -0.2) is 11.3 Å². The van der Waals surface area contributed by atoms with Crippen LogP contribution in [0.3, 0.4) is 0 Å². The molecular weight excluding hydrogens is 255 g/mol. The fourth-order valence-corrected chi connectivity index (χ4v) is 1.83. The van der Waals surface area contributed by atoms with E-state index in [1.807, 2.05) is 0 Å². The van der Waals surface area contributed by atoms with Gasteiger partial charge in [-0.05, 0) is 28.1 Å². The zero-order valence-electron chi connectivity index (χ0n) is 6.35. The Bertz CT molecular complexity index is 378. The summed E-state index contributed by atoms with van der Waals surface area (Å²) < 4.78 is -0.925. The molecule has 2 heterocycles. The van der Waals surface area contributed by atoms with E-state index >= 15 is 0 Å². The van der Waals surface area contributed by atoms with Crippen molar-refractivity contribution < 1.29 is 0 Å². The van der Waals surface area contributed by atoms with Crippen molar-refractivity contribution >= 4 is 33.9 Å². The Morgan fingerprint density at radius 2 is 2.31 bits per heavy atom. The maximum absolute atomic E-state index is 5.93. The highest BCUT2D eigenvalue weighted by Crippen LogP contribution is 2.38. The molecule has 0 spiro atoms. The molecule has 1 aliphatic rings. The zero-order chi connectivity index (χ0) is 9.31. The van der Waals surface area contributed by atoms with E-state index in [1.165, 1.54) is 6.34 Å². The Balaban J connectivity index is 2.52. The molecule has 6 heteroatoms. The summed E-state index contributed by atoms with van der Waals surface area (Å²) >= 11 is 9.23. The summed E-state index contributed by atoms with van der Waals surface area (Å²) in [5.74, 6) is 0. The maximum atomic E-state index is 5.93. The largest absolute Gasteiger partial charge is 0.270 e. The zero-order valence-corrected chi connectivity index (χ0v) is 8.70. The van der Waals surface area contributed by atoms with Crippen LogP contribution in [0.1, 0.15) is 5.69 Å². The summed E-state index contributed by atoms with van der Waals surface area (Å²) in [5, 5.41) is 8.02. The Labute approximate surface area is 87.9 Å². The van der Waals surface area contributed by atoms with Gasteiger partial charge in [0.15, 0.2) is 0 Å². The Kier molecular flexibility index (Phi) is 2.13. The molecule has 0 saturated carbocycles. The monoisotopic (exact) mass is 258 g/mol. The van der Waals surface area contributed by atoms with Gasteiger partial charge in [0.1, 0.15) is 12.0 Å². The highest BCUT2D eigenvalue weighted by Gasteiger charge is 2.33. The molecule has 0 radical (unpaired) electrons. The molecule has 1 aromatic rings. The molecule has 0 fully saturated rings. The van der Waals surface area contributed by atoms with Crippen LogP contribution in [-0.2, 0) is 4.57 Å². The first-order valence-corrected chi connectivity index (χ1v) is 4.65. The van der Waals surface area contributed by atoms with E-state index < -0.39 is 4.57 Å². The van der Waals surface area contributed by atoms with E-state index in [9.17, 15) is 0 Å². The van der Waals surface area contributed by atoms with Crippen LogP contribution in [0.15, 0.2) is 33.6 Å². The van der Waals surface area contributed by atoms with Gasteiger partial charge in [0.05, 0.1) is 5.02 Å². The third-order valence-corrected chi connectivity index (χ3v) is 2.57. The van der Waals surface area contributed by atoms with Crippen LogP contribution in [0, 0.1) is 0 Å². The topological polar surface area (TPSA) is 50.0 Å². The van der Waals surface area contributed by atoms with Crippen LogP contribution in [0.2, 0.25) is 5.02 Å². The third kappa shape index (κ3) is 1.49. The lowest BCUT2D eigenvalue weighted by Crippen LogP contribution is -2.11. The first-order valence-electron chi connectivity index (χ1n) is 3.48. The van der Waals surface area contributed by atoms with E-state index in [4.69, 9.17) is 11.6 Å². The number of azo groups is 1. The number of hydrogen-bond donors (Lipinski definition) is 0. The van der Waals surface area contributed by atoms with Gasteiger partial charge in [-0.15, -0.1) is 10.2 Å². The summed E-state index contributed by atoms with van der Waals surface area (Å²) in [5.41, 5.74) is 0.550. The third-order valence-electron chi connectivity index (χ3n) is 1.53. The van der Waals surface area contributed by atoms with Gasteiger partial charge >= 0.3 is 0 Å². The summed E-state index contributed by atoms with van der Waals surface area (Å²) in [6, 6.07) is 3.48. The molecule has 1 atom stereocenters. The van der Waals surface area contributed by atoms with Crippen molar-refractivity contribution in [2.75, 3.05) is 0 Å². The van der Waals surface area contributed by atoms with Gasteiger partial charge in [0.2, 0.25) is 0 Å². The lowest BCUT2D eigenvalue weighted by atomic mass is 10.3. The minimum atomic E-state index is -0.925. The summed E-state index contributed by atoms with van der Waals surface area (Å²) in [6.45, 7) is 0. The summed E-state index contributed by atoms with van der Waals surface area (Å²) in [4.78, 5) is 8.10. The predicted octanol–water partition coefficient (Wildman–Crippen LogP) is 2.73. The van der Waals surface area contributed by atoms with Gasteiger partial charge in [-0.25, -0.2) is 4.99 Å². The molecule has 1 aliphatic heterocycles. The van der Waals surface area contributed by atoms with E-state index in [0.717, 1.165) is 0 Å². The molecule has 1 unspecified atom stereocenters. The smallest absolute Gasteiger partial charge is 0.254 e. The lowest BCUT2D eigenvalue weighted by molar-refractivity contribution is 0.687. The van der Waals surface area contributed by atoms with Gasteiger partial charge in [-0.2, -0.15) is 0 Å². The molecule has 13 heavy (non-hydrogen) atoms. The maximum Gasteiger partial charge on any atom is 0.270 e. The average molecular weight is 259 g/mol. The standard InChI is InChI=1S/C7H4BrClN4/c8-7(11-4-12-13-7)6-5(9)2-1-3-10-6/h1-4H. The number of rotatable bonds is 1. The quantitative estimate of drug-likeness (QED) is 0.565. The molecule has 4 nitrogen and oxygen atoms in total. The van der Waals surface area contributed by atoms with Crippen molar-refractivity contribution in [1.29, 1.82) is 0 Å². The second kappa shape index (κ2) is 3.16. The number of aliphatic imine (C=N–C) groups is 1. The van der Waals surface area contributed by atoms with Crippen molar-refractivity contribution in [2.45, 2.75) is 4.57 Å². The van der Waals surface area contributed by atoms with E-state index in [0.29, 0.717) is 10.7 Å². The fourth-order valence-electron chi connectivity index (χ4n) is 0.959. The van der Waals surface area contributed by atoms with Crippen LogP contribution < -0.4 is 0 Å². The highest BCUT2D eigenvalue weighted by molar-refractivity contribution is 9.09. The molecule has 0 saturated heterocycles. The second-order valence-corrected chi connectivity index (χ2v) is 3.89. The SMILES string of the molecule is Clc1cccnc1C1(Br)N=CN=N1. The minimum Gasteiger partial charge on any atom is -0.254 e. The molecule has 66 valence electrons. The van der Waals surface area contributed by atoms with E-state index in [2.05, 4.69) is 36.1 Å². The van der Waals surface area contributed by atoms with E-state index in [-0.39, 0.29) is 0 Å². The van der Waals surface area contributed by atoms with Crippen LogP contribution >= 0.6 is 27.5 Å². The number of aromatic nitrogens is 1. The summed E-state index contributed by atoms with van der Waals surface area (Å²) in [7, 11) is 0. The number of pyridine rings is 1. The molecule has 0 aliphatic carbocycles. The van der Waals surface area contributed by atoms with Crippen molar-refractivity contribution in [3.05, 3.63) is 29.0 Å². The van der Waals surface area contributed by atoms with Crippen molar-refractivity contribution in [1.82, 2.24) is 4.98 Å². The van der Waals surface area contributed by atoms with Crippen molar-refractivity contribution in [2.24, 2.45) is 15.2 Å². The van der Waals surface area contributed by atoms with E-state index in [1.54, 1.807) is 18.3 Å². The molecule has 0 aromatic carbocycles. The Hall–Kier alpha value is -0.810.